The summed E-state index contributed by atoms with van der Waals surface area (Å²) in [6, 6.07) is 12.7. The molecule has 0 aliphatic carbocycles. The van der Waals surface area contributed by atoms with Gasteiger partial charge in [-0.1, -0.05) is 22.9 Å². The molecule has 146 valence electrons. The molecule has 0 aliphatic heterocycles. The van der Waals surface area contributed by atoms with E-state index in [1.165, 1.54) is 35.6 Å². The van der Waals surface area contributed by atoms with Crippen molar-refractivity contribution in [1.29, 1.82) is 0 Å². The Balaban J connectivity index is 1.45. The maximum Gasteiger partial charge on any atom is 0.286 e. The molecular formula is C19H18ClFN4O2S. The smallest absolute Gasteiger partial charge is 0.286 e. The van der Waals surface area contributed by atoms with E-state index in [1.807, 2.05) is 24.1 Å². The highest BCUT2D eigenvalue weighted by Gasteiger charge is 2.14. The standard InChI is InChI=1S/C19H18ClFN4O2S/c1-25(10-11-27-16-8-2-13(20)3-9-16)12-17-23-24-19(28-17)18(26)22-15-6-4-14(21)5-7-15/h2-9H,10-12H2,1H3,(H,22,26). The number of hydrogen-bond donors (Lipinski definition) is 1. The van der Waals surface area contributed by atoms with Crippen molar-refractivity contribution < 1.29 is 13.9 Å². The molecule has 0 saturated heterocycles. The minimum absolute atomic E-state index is 0.255. The summed E-state index contributed by atoms with van der Waals surface area (Å²) >= 11 is 7.06. The fraction of sp³-hybridized carbons (Fsp3) is 0.211. The number of amides is 1. The molecule has 0 unspecified atom stereocenters. The number of carbonyl (C=O) groups excluding carboxylic acids is 1. The Kier molecular flexibility index (Phi) is 6.91. The van der Waals surface area contributed by atoms with E-state index in [2.05, 4.69) is 15.5 Å². The van der Waals surface area contributed by atoms with Crippen LogP contribution in [0.4, 0.5) is 10.1 Å². The lowest BCUT2D eigenvalue weighted by Gasteiger charge is -2.15. The number of rotatable bonds is 8. The van der Waals surface area contributed by atoms with E-state index in [-0.39, 0.29) is 16.7 Å². The summed E-state index contributed by atoms with van der Waals surface area (Å²) in [5, 5.41) is 12.3. The van der Waals surface area contributed by atoms with Gasteiger partial charge < -0.3 is 10.1 Å². The van der Waals surface area contributed by atoms with Crippen LogP contribution in [-0.4, -0.2) is 41.2 Å². The Hall–Kier alpha value is -2.55. The number of benzene rings is 2. The van der Waals surface area contributed by atoms with Gasteiger partial charge in [0.05, 0.1) is 6.54 Å². The van der Waals surface area contributed by atoms with Crippen LogP contribution < -0.4 is 10.1 Å². The molecule has 3 aromatic rings. The van der Waals surface area contributed by atoms with Gasteiger partial charge in [0, 0.05) is 17.3 Å². The first kappa shape index (κ1) is 20.2. The summed E-state index contributed by atoms with van der Waals surface area (Å²) in [7, 11) is 1.94. The van der Waals surface area contributed by atoms with E-state index in [0.717, 1.165) is 10.8 Å². The highest BCUT2D eigenvalue weighted by Crippen LogP contribution is 2.17. The Bertz CT molecular complexity index is 918. The maximum absolute atomic E-state index is 12.9. The molecule has 0 bridgehead atoms. The van der Waals surface area contributed by atoms with E-state index in [1.54, 1.807) is 12.1 Å². The maximum atomic E-state index is 12.9. The number of anilines is 1. The van der Waals surface area contributed by atoms with Gasteiger partial charge in [0.2, 0.25) is 5.01 Å². The zero-order valence-corrected chi connectivity index (χ0v) is 16.6. The van der Waals surface area contributed by atoms with Gasteiger partial charge in [0.1, 0.15) is 23.2 Å². The lowest BCUT2D eigenvalue weighted by atomic mass is 10.3. The van der Waals surface area contributed by atoms with Crippen LogP contribution in [0.1, 0.15) is 14.8 Å². The molecule has 1 aromatic heterocycles. The van der Waals surface area contributed by atoms with Crippen LogP contribution >= 0.6 is 22.9 Å². The minimum Gasteiger partial charge on any atom is -0.492 e. The fourth-order valence-corrected chi connectivity index (χ4v) is 3.23. The number of likely N-dealkylation sites (N-methyl/N-ethyl adjacent to an activating group) is 1. The van der Waals surface area contributed by atoms with Gasteiger partial charge in [-0.3, -0.25) is 9.69 Å². The first-order valence-electron chi connectivity index (χ1n) is 8.46. The average molecular weight is 421 g/mol. The summed E-state index contributed by atoms with van der Waals surface area (Å²) in [5.41, 5.74) is 0.500. The van der Waals surface area contributed by atoms with E-state index in [0.29, 0.717) is 30.4 Å². The third-order valence-corrected chi connectivity index (χ3v) is 4.88. The van der Waals surface area contributed by atoms with Crippen LogP contribution in [0.25, 0.3) is 0 Å². The summed E-state index contributed by atoms with van der Waals surface area (Å²) < 4.78 is 18.6. The van der Waals surface area contributed by atoms with Crippen molar-refractivity contribution in [3.8, 4) is 5.75 Å². The molecule has 1 amide bonds. The molecule has 0 saturated carbocycles. The quantitative estimate of drug-likeness (QED) is 0.594. The molecule has 1 heterocycles. The molecule has 0 aliphatic rings. The van der Waals surface area contributed by atoms with Gasteiger partial charge in [-0.25, -0.2) is 4.39 Å². The van der Waals surface area contributed by atoms with Gasteiger partial charge in [-0.2, -0.15) is 0 Å². The van der Waals surface area contributed by atoms with E-state index >= 15 is 0 Å². The zero-order chi connectivity index (χ0) is 19.9. The predicted molar refractivity (Wildman–Crippen MR) is 108 cm³/mol. The molecule has 0 atom stereocenters. The highest BCUT2D eigenvalue weighted by molar-refractivity contribution is 7.13. The fourth-order valence-electron chi connectivity index (χ4n) is 2.29. The summed E-state index contributed by atoms with van der Waals surface area (Å²) in [5.74, 6) is 0.0248. The second-order valence-electron chi connectivity index (χ2n) is 6.00. The van der Waals surface area contributed by atoms with Gasteiger partial charge >= 0.3 is 0 Å². The number of aromatic nitrogens is 2. The molecule has 0 fully saturated rings. The second kappa shape index (κ2) is 9.59. The Labute approximate surface area is 170 Å². The van der Waals surface area contributed by atoms with Crippen molar-refractivity contribution in [3.63, 3.8) is 0 Å². The summed E-state index contributed by atoms with van der Waals surface area (Å²) in [6.45, 7) is 1.74. The van der Waals surface area contributed by atoms with Crippen molar-refractivity contribution in [2.75, 3.05) is 25.5 Å². The molecule has 0 spiro atoms. The molecule has 3 rings (SSSR count). The Morgan fingerprint density at radius 3 is 2.61 bits per heavy atom. The number of halogens is 2. The van der Waals surface area contributed by atoms with Crippen LogP contribution in [0, 0.1) is 5.82 Å². The lowest BCUT2D eigenvalue weighted by Crippen LogP contribution is -2.23. The number of ether oxygens (including phenoxy) is 1. The topological polar surface area (TPSA) is 67.3 Å². The average Bonchev–Trinajstić information content (AvgIpc) is 3.14. The van der Waals surface area contributed by atoms with E-state index < -0.39 is 0 Å². The third kappa shape index (κ3) is 5.98. The van der Waals surface area contributed by atoms with Crippen molar-refractivity contribution in [2.45, 2.75) is 6.54 Å². The van der Waals surface area contributed by atoms with Crippen molar-refractivity contribution in [2.24, 2.45) is 0 Å². The van der Waals surface area contributed by atoms with Crippen LogP contribution in [0.15, 0.2) is 48.5 Å². The Morgan fingerprint density at radius 2 is 1.89 bits per heavy atom. The van der Waals surface area contributed by atoms with Crippen LogP contribution in [0.3, 0.4) is 0 Å². The molecule has 9 heteroatoms. The third-order valence-electron chi connectivity index (χ3n) is 3.72. The minimum atomic E-state index is -0.371. The first-order valence-corrected chi connectivity index (χ1v) is 9.65. The second-order valence-corrected chi connectivity index (χ2v) is 7.50. The monoisotopic (exact) mass is 420 g/mol. The van der Waals surface area contributed by atoms with E-state index in [4.69, 9.17) is 16.3 Å². The number of hydrogen-bond acceptors (Lipinski definition) is 6. The molecule has 1 N–H and O–H groups in total. The highest BCUT2D eigenvalue weighted by atomic mass is 35.5. The first-order chi connectivity index (χ1) is 13.5. The molecule has 0 radical (unpaired) electrons. The van der Waals surface area contributed by atoms with Gasteiger partial charge in [-0.15, -0.1) is 10.2 Å². The van der Waals surface area contributed by atoms with Crippen LogP contribution in [0.5, 0.6) is 5.75 Å². The molecule has 2 aromatic carbocycles. The molecule has 6 nitrogen and oxygen atoms in total. The number of nitrogens with zero attached hydrogens (tertiary/aromatic N) is 3. The van der Waals surface area contributed by atoms with Gasteiger partial charge in [0.15, 0.2) is 0 Å². The predicted octanol–water partition coefficient (Wildman–Crippen LogP) is 4.09. The van der Waals surface area contributed by atoms with Crippen molar-refractivity contribution in [3.05, 3.63) is 69.4 Å². The Morgan fingerprint density at radius 1 is 1.18 bits per heavy atom. The summed E-state index contributed by atoms with van der Waals surface area (Å²) in [4.78, 5) is 14.2. The van der Waals surface area contributed by atoms with Gasteiger partial charge in [0.25, 0.3) is 5.91 Å². The largest absolute Gasteiger partial charge is 0.492 e. The molecule has 28 heavy (non-hydrogen) atoms. The van der Waals surface area contributed by atoms with Crippen molar-refractivity contribution in [1.82, 2.24) is 15.1 Å². The number of carbonyl (C=O) groups is 1. The lowest BCUT2D eigenvalue weighted by molar-refractivity contribution is 0.102. The number of nitrogens with one attached hydrogen (secondary N) is 1. The molecular weight excluding hydrogens is 403 g/mol. The SMILES string of the molecule is CN(CCOc1ccc(Cl)cc1)Cc1nnc(C(=O)Nc2ccc(F)cc2)s1. The van der Waals surface area contributed by atoms with Crippen LogP contribution in [-0.2, 0) is 6.54 Å². The van der Waals surface area contributed by atoms with Gasteiger partial charge in [-0.05, 0) is 55.6 Å². The summed E-state index contributed by atoms with van der Waals surface area (Å²) in [6.07, 6.45) is 0. The van der Waals surface area contributed by atoms with Crippen molar-refractivity contribution >= 4 is 34.5 Å². The van der Waals surface area contributed by atoms with Crippen LogP contribution in [0.2, 0.25) is 5.02 Å². The zero-order valence-electron chi connectivity index (χ0n) is 15.1. The normalized spacial score (nSPS) is 10.9. The van der Waals surface area contributed by atoms with E-state index in [9.17, 15) is 9.18 Å².